The minimum Gasteiger partial charge on any atom is -0.316 e. The predicted molar refractivity (Wildman–Crippen MR) is 91.9 cm³/mol. The van der Waals surface area contributed by atoms with Gasteiger partial charge < -0.3 is 5.32 Å². The maximum Gasteiger partial charge on any atom is 0.263 e. The molecule has 0 aliphatic carbocycles. The van der Waals surface area contributed by atoms with Crippen LogP contribution in [0.15, 0.2) is 56.3 Å². The van der Waals surface area contributed by atoms with E-state index in [9.17, 15) is 8.42 Å². The van der Waals surface area contributed by atoms with Crippen LogP contribution in [0.4, 0.5) is 5.69 Å². The van der Waals surface area contributed by atoms with E-state index < -0.39 is 10.0 Å². The van der Waals surface area contributed by atoms with Crippen LogP contribution in [-0.4, -0.2) is 15.5 Å². The third-order valence-corrected chi connectivity index (χ3v) is 5.61. The van der Waals surface area contributed by atoms with Crippen molar-refractivity contribution in [1.82, 2.24) is 5.32 Å². The number of hydrogen-bond acceptors (Lipinski definition) is 3. The first-order chi connectivity index (χ1) is 9.92. The molecule has 0 unspecified atom stereocenters. The topological polar surface area (TPSA) is 58.2 Å². The molecule has 0 saturated heterocycles. The number of anilines is 1. The minimum atomic E-state index is -3.65. The van der Waals surface area contributed by atoms with Gasteiger partial charge >= 0.3 is 0 Å². The molecule has 0 aromatic heterocycles. The van der Waals surface area contributed by atoms with Crippen LogP contribution in [0, 0.1) is 0 Å². The van der Waals surface area contributed by atoms with Crippen LogP contribution in [0.3, 0.4) is 0 Å². The molecule has 4 nitrogen and oxygen atoms in total. The van der Waals surface area contributed by atoms with E-state index in [-0.39, 0.29) is 4.90 Å². The van der Waals surface area contributed by atoms with Gasteiger partial charge in [-0.25, -0.2) is 8.42 Å². The molecule has 112 valence electrons. The lowest BCUT2D eigenvalue weighted by Crippen LogP contribution is -2.14. The van der Waals surface area contributed by atoms with Crippen molar-refractivity contribution in [2.24, 2.45) is 0 Å². The molecule has 2 aromatic rings. The largest absolute Gasteiger partial charge is 0.316 e. The number of sulfonamides is 1. The van der Waals surface area contributed by atoms with Gasteiger partial charge in [-0.05, 0) is 58.9 Å². The molecular formula is C14H14Br2N2O2S. The predicted octanol–water partition coefficient (Wildman–Crippen LogP) is 3.73. The van der Waals surface area contributed by atoms with Gasteiger partial charge in [-0.3, -0.25) is 4.72 Å². The molecule has 2 aromatic carbocycles. The molecule has 7 heteroatoms. The van der Waals surface area contributed by atoms with Crippen molar-refractivity contribution in [3.63, 3.8) is 0 Å². The van der Waals surface area contributed by atoms with Crippen LogP contribution in [0.1, 0.15) is 5.56 Å². The van der Waals surface area contributed by atoms with Crippen LogP contribution in [0.5, 0.6) is 0 Å². The summed E-state index contributed by atoms with van der Waals surface area (Å²) in [4.78, 5) is 0.191. The molecule has 0 saturated carbocycles. The summed E-state index contributed by atoms with van der Waals surface area (Å²) in [7, 11) is -1.80. The highest BCUT2D eigenvalue weighted by Crippen LogP contribution is 2.27. The number of benzene rings is 2. The normalized spacial score (nSPS) is 11.4. The molecule has 0 atom stereocenters. The number of rotatable bonds is 5. The zero-order valence-electron chi connectivity index (χ0n) is 11.2. The highest BCUT2D eigenvalue weighted by atomic mass is 79.9. The maximum atomic E-state index is 12.5. The summed E-state index contributed by atoms with van der Waals surface area (Å²) in [6.07, 6.45) is 0. The summed E-state index contributed by atoms with van der Waals surface area (Å²) in [6.45, 7) is 0.677. The van der Waals surface area contributed by atoms with Gasteiger partial charge in [0.1, 0.15) is 4.90 Å². The first-order valence-electron chi connectivity index (χ1n) is 6.14. The van der Waals surface area contributed by atoms with E-state index >= 15 is 0 Å². The Hall–Kier alpha value is -0.890. The van der Waals surface area contributed by atoms with E-state index in [1.807, 2.05) is 19.2 Å². The van der Waals surface area contributed by atoms with Gasteiger partial charge in [0.25, 0.3) is 10.0 Å². The lowest BCUT2D eigenvalue weighted by Gasteiger charge is -2.11. The molecule has 21 heavy (non-hydrogen) atoms. The molecular weight excluding hydrogens is 420 g/mol. The van der Waals surface area contributed by atoms with Crippen molar-refractivity contribution in [2.75, 3.05) is 11.8 Å². The van der Waals surface area contributed by atoms with Gasteiger partial charge in [-0.2, -0.15) is 0 Å². The molecule has 0 bridgehead atoms. The van der Waals surface area contributed by atoms with Gasteiger partial charge in [-0.15, -0.1) is 0 Å². The quantitative estimate of drug-likeness (QED) is 0.755. The van der Waals surface area contributed by atoms with E-state index in [0.717, 1.165) is 5.56 Å². The Kier molecular flexibility index (Phi) is 5.43. The molecule has 2 N–H and O–H groups in total. The van der Waals surface area contributed by atoms with Crippen molar-refractivity contribution in [3.05, 3.63) is 57.0 Å². The highest BCUT2D eigenvalue weighted by molar-refractivity contribution is 9.11. The molecule has 0 aliphatic heterocycles. The molecule has 0 fully saturated rings. The molecule has 0 aliphatic rings. The molecule has 2 rings (SSSR count). The second-order valence-corrected chi connectivity index (χ2v) is 7.83. The van der Waals surface area contributed by atoms with Crippen LogP contribution < -0.4 is 10.0 Å². The fourth-order valence-electron chi connectivity index (χ4n) is 1.84. The molecule has 0 amide bonds. The first kappa shape index (κ1) is 16.5. The van der Waals surface area contributed by atoms with Crippen molar-refractivity contribution in [2.45, 2.75) is 11.4 Å². The SMILES string of the molecule is CNCc1cccc(NS(=O)(=O)c2cc(Br)ccc2Br)c1. The number of nitrogens with one attached hydrogen (secondary N) is 2. The third kappa shape index (κ3) is 4.29. The van der Waals surface area contributed by atoms with E-state index in [4.69, 9.17) is 0 Å². The van der Waals surface area contributed by atoms with Crippen molar-refractivity contribution in [1.29, 1.82) is 0 Å². The summed E-state index contributed by atoms with van der Waals surface area (Å²) in [5, 5.41) is 3.03. The summed E-state index contributed by atoms with van der Waals surface area (Å²) in [5.74, 6) is 0. The summed E-state index contributed by atoms with van der Waals surface area (Å²) in [5.41, 5.74) is 1.54. The smallest absolute Gasteiger partial charge is 0.263 e. The fraction of sp³-hybridized carbons (Fsp3) is 0.143. The third-order valence-electron chi connectivity index (χ3n) is 2.74. The van der Waals surface area contributed by atoms with Crippen LogP contribution in [0.2, 0.25) is 0 Å². The minimum absolute atomic E-state index is 0.191. The highest BCUT2D eigenvalue weighted by Gasteiger charge is 2.18. The lowest BCUT2D eigenvalue weighted by molar-refractivity contribution is 0.600. The van der Waals surface area contributed by atoms with Crippen molar-refractivity contribution < 1.29 is 8.42 Å². The average molecular weight is 434 g/mol. The van der Waals surface area contributed by atoms with Gasteiger partial charge in [0.2, 0.25) is 0 Å². The van der Waals surface area contributed by atoms with E-state index in [0.29, 0.717) is 21.2 Å². The number of hydrogen-bond donors (Lipinski definition) is 2. The standard InChI is InChI=1S/C14H14Br2N2O2S/c1-17-9-10-3-2-4-12(7-10)18-21(19,20)14-8-11(15)5-6-13(14)16/h2-8,17-18H,9H2,1H3. The Labute approximate surface area is 141 Å². The van der Waals surface area contributed by atoms with E-state index in [2.05, 4.69) is 41.9 Å². The summed E-state index contributed by atoms with van der Waals surface area (Å²) in [6, 6.07) is 12.3. The van der Waals surface area contributed by atoms with Crippen molar-refractivity contribution in [3.8, 4) is 0 Å². The van der Waals surface area contributed by atoms with E-state index in [1.165, 1.54) is 0 Å². The Morgan fingerprint density at radius 3 is 2.57 bits per heavy atom. The van der Waals surface area contributed by atoms with E-state index in [1.54, 1.807) is 30.3 Å². The van der Waals surface area contributed by atoms with Crippen LogP contribution in [0.25, 0.3) is 0 Å². The Bertz CT molecular complexity index is 748. The molecule has 0 radical (unpaired) electrons. The zero-order chi connectivity index (χ0) is 15.5. The van der Waals surface area contributed by atoms with Gasteiger partial charge in [0.15, 0.2) is 0 Å². The van der Waals surface area contributed by atoms with Gasteiger partial charge in [-0.1, -0.05) is 28.1 Å². The Balaban J connectivity index is 2.33. The van der Waals surface area contributed by atoms with Crippen molar-refractivity contribution >= 4 is 47.6 Å². The van der Waals surface area contributed by atoms with Gasteiger partial charge in [0, 0.05) is 21.2 Å². The zero-order valence-corrected chi connectivity index (χ0v) is 15.2. The van der Waals surface area contributed by atoms with Gasteiger partial charge in [0.05, 0.1) is 0 Å². The monoisotopic (exact) mass is 432 g/mol. The summed E-state index contributed by atoms with van der Waals surface area (Å²) >= 11 is 6.55. The lowest BCUT2D eigenvalue weighted by atomic mass is 10.2. The first-order valence-corrected chi connectivity index (χ1v) is 9.21. The summed E-state index contributed by atoms with van der Waals surface area (Å²) < 4.78 is 28.7. The van der Waals surface area contributed by atoms with Crippen LogP contribution >= 0.6 is 31.9 Å². The molecule has 0 spiro atoms. The second kappa shape index (κ2) is 6.91. The second-order valence-electron chi connectivity index (χ2n) is 4.41. The fourth-order valence-corrected chi connectivity index (χ4v) is 4.39. The molecule has 0 heterocycles. The van der Waals surface area contributed by atoms with Crippen LogP contribution in [-0.2, 0) is 16.6 Å². The number of halogens is 2. The average Bonchev–Trinajstić information content (AvgIpc) is 2.42. The maximum absolute atomic E-state index is 12.5. The Morgan fingerprint density at radius 2 is 1.86 bits per heavy atom. The Morgan fingerprint density at radius 1 is 1.10 bits per heavy atom.